The molecule has 2 bridgehead atoms. The highest BCUT2D eigenvalue weighted by Crippen LogP contribution is 2.38. The van der Waals surface area contributed by atoms with E-state index in [0.717, 1.165) is 12.8 Å². The Morgan fingerprint density at radius 1 is 1.38 bits per heavy atom. The molecule has 0 spiro atoms. The average molecular weight is 215 g/mol. The Kier molecular flexibility index (Phi) is 2.25. The monoisotopic (exact) mass is 215 g/mol. The lowest BCUT2D eigenvalue weighted by Gasteiger charge is -2.29. The van der Waals surface area contributed by atoms with Gasteiger partial charge < -0.3 is 0 Å². The molecule has 0 amide bonds. The summed E-state index contributed by atoms with van der Waals surface area (Å²) < 4.78 is 0. The highest BCUT2D eigenvalue weighted by Gasteiger charge is 2.37. The van der Waals surface area contributed by atoms with E-state index in [-0.39, 0.29) is 0 Å². The van der Waals surface area contributed by atoms with Crippen LogP contribution in [0.1, 0.15) is 25.8 Å². The minimum atomic E-state index is 0.371. The van der Waals surface area contributed by atoms with Crippen LogP contribution in [-0.2, 0) is 11.3 Å². The number of benzene rings is 1. The highest BCUT2D eigenvalue weighted by molar-refractivity contribution is 5.56. The summed E-state index contributed by atoms with van der Waals surface area (Å²) in [6, 6.07) is 8.98. The van der Waals surface area contributed by atoms with Crippen molar-refractivity contribution < 1.29 is 4.84 Å². The van der Waals surface area contributed by atoms with Gasteiger partial charge >= 0.3 is 0 Å². The van der Waals surface area contributed by atoms with Gasteiger partial charge in [-0.25, -0.2) is 5.06 Å². The van der Waals surface area contributed by atoms with E-state index in [1.807, 2.05) is 0 Å². The third-order valence-electron chi connectivity index (χ3n) is 3.27. The summed E-state index contributed by atoms with van der Waals surface area (Å²) in [6.45, 7) is 4.30. The minimum absolute atomic E-state index is 0.371. The zero-order valence-electron chi connectivity index (χ0n) is 9.81. The van der Waals surface area contributed by atoms with Crippen LogP contribution in [0.2, 0.25) is 0 Å². The number of anilines is 1. The van der Waals surface area contributed by atoms with Crippen LogP contribution in [0.5, 0.6) is 0 Å². The summed E-state index contributed by atoms with van der Waals surface area (Å²) in [5.41, 5.74) is 4.03. The molecule has 0 aromatic heterocycles. The highest BCUT2D eigenvalue weighted by atomic mass is 16.7. The van der Waals surface area contributed by atoms with Crippen molar-refractivity contribution >= 4 is 5.69 Å². The lowest BCUT2D eigenvalue weighted by atomic mass is 10.0. The molecule has 1 saturated heterocycles. The molecule has 1 aromatic carbocycles. The van der Waals surface area contributed by atoms with Gasteiger partial charge in [-0.2, -0.15) is 0 Å². The van der Waals surface area contributed by atoms with Gasteiger partial charge in [-0.3, -0.25) is 4.84 Å². The van der Waals surface area contributed by atoms with Gasteiger partial charge in [0.15, 0.2) is 0 Å². The predicted molar refractivity (Wildman–Crippen MR) is 65.3 cm³/mol. The molecular formula is C14H17NO. The van der Waals surface area contributed by atoms with Crippen molar-refractivity contribution in [2.24, 2.45) is 0 Å². The first-order valence-electron chi connectivity index (χ1n) is 5.93. The van der Waals surface area contributed by atoms with Gasteiger partial charge in [0, 0.05) is 12.8 Å². The van der Waals surface area contributed by atoms with Crippen molar-refractivity contribution in [2.45, 2.75) is 38.8 Å². The van der Waals surface area contributed by atoms with Crippen molar-refractivity contribution in [1.29, 1.82) is 0 Å². The average Bonchev–Trinajstić information content (AvgIpc) is 2.56. The lowest BCUT2D eigenvalue weighted by molar-refractivity contribution is 0.0752. The van der Waals surface area contributed by atoms with Crippen molar-refractivity contribution in [3.05, 3.63) is 41.5 Å². The number of allylic oxidation sites excluding steroid dienone is 1. The first-order valence-corrected chi connectivity index (χ1v) is 5.93. The number of para-hydroxylation sites is 1. The summed E-state index contributed by atoms with van der Waals surface area (Å²) in [7, 11) is 0. The van der Waals surface area contributed by atoms with Gasteiger partial charge in [0.25, 0.3) is 0 Å². The van der Waals surface area contributed by atoms with Crippen LogP contribution in [0, 0.1) is 0 Å². The van der Waals surface area contributed by atoms with Gasteiger partial charge in [-0.1, -0.05) is 29.8 Å². The Morgan fingerprint density at radius 3 is 3.00 bits per heavy atom. The second kappa shape index (κ2) is 3.63. The molecule has 1 aromatic rings. The summed E-state index contributed by atoms with van der Waals surface area (Å²) in [5.74, 6) is 0. The summed E-state index contributed by atoms with van der Waals surface area (Å²) in [4.78, 5) is 5.93. The second-order valence-corrected chi connectivity index (χ2v) is 4.93. The van der Waals surface area contributed by atoms with E-state index >= 15 is 0 Å². The van der Waals surface area contributed by atoms with Gasteiger partial charge in [0.2, 0.25) is 0 Å². The first kappa shape index (κ1) is 9.91. The quantitative estimate of drug-likeness (QED) is 0.667. The van der Waals surface area contributed by atoms with Crippen LogP contribution in [0.4, 0.5) is 5.69 Å². The fourth-order valence-corrected chi connectivity index (χ4v) is 2.67. The SMILES string of the molecule is CC(C)=C[C@@H]1CC2Cc3ccccc3N1O2. The van der Waals surface area contributed by atoms with Gasteiger partial charge in [0.1, 0.15) is 0 Å². The Labute approximate surface area is 96.5 Å². The molecule has 1 fully saturated rings. The maximum Gasteiger partial charge on any atom is 0.0921 e. The van der Waals surface area contributed by atoms with Crippen molar-refractivity contribution in [2.75, 3.05) is 5.06 Å². The molecule has 2 atom stereocenters. The normalized spacial score (nSPS) is 26.5. The third-order valence-corrected chi connectivity index (χ3v) is 3.27. The molecule has 2 aliphatic heterocycles. The van der Waals surface area contributed by atoms with Crippen LogP contribution in [0.3, 0.4) is 0 Å². The number of hydrogen-bond acceptors (Lipinski definition) is 2. The van der Waals surface area contributed by atoms with Gasteiger partial charge in [0.05, 0.1) is 17.8 Å². The molecular weight excluding hydrogens is 198 g/mol. The van der Waals surface area contributed by atoms with Crippen LogP contribution in [0.15, 0.2) is 35.9 Å². The summed E-state index contributed by atoms with van der Waals surface area (Å²) >= 11 is 0. The predicted octanol–water partition coefficient (Wildman–Crippen LogP) is 3.09. The molecule has 2 heterocycles. The van der Waals surface area contributed by atoms with Gasteiger partial charge in [-0.05, 0) is 25.5 Å². The van der Waals surface area contributed by atoms with E-state index in [2.05, 4.69) is 49.3 Å². The number of hydroxylamine groups is 1. The molecule has 0 saturated carbocycles. The first-order chi connectivity index (χ1) is 7.74. The smallest absolute Gasteiger partial charge is 0.0921 e. The van der Waals surface area contributed by atoms with Crippen LogP contribution in [-0.4, -0.2) is 12.1 Å². The van der Waals surface area contributed by atoms with Crippen molar-refractivity contribution in [1.82, 2.24) is 0 Å². The molecule has 0 radical (unpaired) electrons. The molecule has 1 unspecified atom stereocenters. The molecule has 3 rings (SSSR count). The molecule has 2 heteroatoms. The van der Waals surface area contributed by atoms with E-state index in [4.69, 9.17) is 4.84 Å². The molecule has 84 valence electrons. The number of nitrogens with zero attached hydrogens (tertiary/aromatic N) is 1. The zero-order valence-corrected chi connectivity index (χ0v) is 9.81. The van der Waals surface area contributed by atoms with Crippen LogP contribution in [0.25, 0.3) is 0 Å². The minimum Gasteiger partial charge on any atom is -0.269 e. The maximum absolute atomic E-state index is 5.93. The number of hydrogen-bond donors (Lipinski definition) is 0. The lowest BCUT2D eigenvalue weighted by Crippen LogP contribution is -2.30. The van der Waals surface area contributed by atoms with E-state index in [0.29, 0.717) is 12.1 Å². The largest absolute Gasteiger partial charge is 0.269 e. The molecule has 0 N–H and O–H groups in total. The second-order valence-electron chi connectivity index (χ2n) is 4.93. The Bertz CT molecular complexity index is 434. The van der Waals surface area contributed by atoms with Crippen LogP contribution >= 0.6 is 0 Å². The molecule has 16 heavy (non-hydrogen) atoms. The van der Waals surface area contributed by atoms with Crippen molar-refractivity contribution in [3.8, 4) is 0 Å². The van der Waals surface area contributed by atoms with E-state index < -0.39 is 0 Å². The van der Waals surface area contributed by atoms with E-state index in [1.54, 1.807) is 0 Å². The fourth-order valence-electron chi connectivity index (χ4n) is 2.67. The fraction of sp³-hybridized carbons (Fsp3) is 0.429. The molecule has 2 aliphatic rings. The van der Waals surface area contributed by atoms with Crippen LogP contribution < -0.4 is 5.06 Å². The topological polar surface area (TPSA) is 12.5 Å². The van der Waals surface area contributed by atoms with Gasteiger partial charge in [-0.15, -0.1) is 0 Å². The number of fused-ring (bicyclic) bond motifs is 4. The molecule has 0 aliphatic carbocycles. The Hall–Kier alpha value is -1.28. The summed E-state index contributed by atoms with van der Waals surface area (Å²) in [6.07, 6.45) is 4.84. The number of rotatable bonds is 1. The maximum atomic E-state index is 5.93. The van der Waals surface area contributed by atoms with E-state index in [1.165, 1.54) is 16.8 Å². The zero-order chi connectivity index (χ0) is 11.1. The molecule has 2 nitrogen and oxygen atoms in total. The standard InChI is InChI=1S/C14H17NO/c1-10(2)7-12-9-13-8-11-5-3-4-6-14(11)15(12)16-13/h3-7,12-13H,8-9H2,1-2H3/t12-,13?/m1/s1. The Balaban J connectivity index is 1.99. The Morgan fingerprint density at radius 2 is 2.19 bits per heavy atom. The summed E-state index contributed by atoms with van der Waals surface area (Å²) in [5, 5.41) is 2.09. The van der Waals surface area contributed by atoms with E-state index in [9.17, 15) is 0 Å². The van der Waals surface area contributed by atoms with Crippen molar-refractivity contribution in [3.63, 3.8) is 0 Å². The third kappa shape index (κ3) is 1.54.